The van der Waals surface area contributed by atoms with E-state index in [1.807, 2.05) is 17.6 Å². The summed E-state index contributed by atoms with van der Waals surface area (Å²) in [5.41, 5.74) is 11.1. The van der Waals surface area contributed by atoms with E-state index in [2.05, 4.69) is 25.4 Å². The van der Waals surface area contributed by atoms with E-state index in [0.717, 1.165) is 27.9 Å². The fourth-order valence-electron chi connectivity index (χ4n) is 3.86. The number of nitrogens with zero attached hydrogens (tertiary/aromatic N) is 6. The maximum absolute atomic E-state index is 13.1. The van der Waals surface area contributed by atoms with E-state index in [-0.39, 0.29) is 11.7 Å². The summed E-state index contributed by atoms with van der Waals surface area (Å²) in [5.74, 6) is 0.174. The average Bonchev–Trinajstić information content (AvgIpc) is 3.40. The molecule has 10 heteroatoms. The van der Waals surface area contributed by atoms with Crippen molar-refractivity contribution in [1.82, 2.24) is 29.1 Å². The lowest BCUT2D eigenvalue weighted by atomic mass is 10.1. The number of rotatable bonds is 5. The minimum atomic E-state index is -0.328. The van der Waals surface area contributed by atoms with Gasteiger partial charge in [0.05, 0.1) is 23.3 Å². The Bertz CT molecular complexity index is 1520. The standard InChI is InChI=1S/C24H21FN8O/c1-14-7-20(33-22(14)23(26)28-12-30-33)17-8-19(15(2)27-9-17)24(34)31-21-11-32(13-29-21)10-16-3-5-18(25)6-4-16/h3-9,11-13H,10H2,1-2H3,(H,31,34)(H2,26,28,30). The number of aryl methyl sites for hydroxylation is 2. The van der Waals surface area contributed by atoms with E-state index >= 15 is 0 Å². The lowest BCUT2D eigenvalue weighted by Crippen LogP contribution is -2.14. The molecule has 0 aliphatic carbocycles. The molecule has 3 N–H and O–H groups in total. The molecule has 4 heterocycles. The van der Waals surface area contributed by atoms with Crippen molar-refractivity contribution in [2.45, 2.75) is 20.4 Å². The predicted octanol–water partition coefficient (Wildman–Crippen LogP) is 3.63. The summed E-state index contributed by atoms with van der Waals surface area (Å²) in [6.07, 6.45) is 6.42. The van der Waals surface area contributed by atoms with Crippen molar-refractivity contribution in [2.24, 2.45) is 0 Å². The second-order valence-electron chi connectivity index (χ2n) is 7.99. The SMILES string of the molecule is Cc1ncc(-c2cc(C)c3c(N)ncnn23)cc1C(=O)Nc1cn(Cc2ccc(F)cc2)cn1. The maximum atomic E-state index is 13.1. The van der Waals surface area contributed by atoms with Gasteiger partial charge in [0.15, 0.2) is 11.6 Å². The quantitative estimate of drug-likeness (QED) is 0.417. The molecule has 170 valence electrons. The Morgan fingerprint density at radius 1 is 1.12 bits per heavy atom. The second kappa shape index (κ2) is 8.39. The predicted molar refractivity (Wildman–Crippen MR) is 126 cm³/mol. The number of amides is 1. The highest BCUT2D eigenvalue weighted by Gasteiger charge is 2.17. The zero-order chi connectivity index (χ0) is 23.8. The Morgan fingerprint density at radius 3 is 2.71 bits per heavy atom. The van der Waals surface area contributed by atoms with Crippen molar-refractivity contribution < 1.29 is 9.18 Å². The summed E-state index contributed by atoms with van der Waals surface area (Å²) >= 11 is 0. The molecular weight excluding hydrogens is 435 g/mol. The first-order chi connectivity index (χ1) is 16.4. The van der Waals surface area contributed by atoms with Gasteiger partial charge in [-0.1, -0.05) is 12.1 Å². The van der Waals surface area contributed by atoms with Crippen LogP contribution in [-0.2, 0) is 6.54 Å². The number of benzene rings is 1. The van der Waals surface area contributed by atoms with Crippen LogP contribution in [0, 0.1) is 19.7 Å². The van der Waals surface area contributed by atoms with Crippen LogP contribution in [-0.4, -0.2) is 35.0 Å². The van der Waals surface area contributed by atoms with Crippen molar-refractivity contribution in [1.29, 1.82) is 0 Å². The van der Waals surface area contributed by atoms with Crippen molar-refractivity contribution in [3.8, 4) is 11.3 Å². The molecule has 0 spiro atoms. The van der Waals surface area contributed by atoms with E-state index in [0.29, 0.717) is 29.4 Å². The molecule has 0 radical (unpaired) electrons. The molecular formula is C24H21FN8O. The number of anilines is 2. The zero-order valence-corrected chi connectivity index (χ0v) is 18.5. The molecule has 5 rings (SSSR count). The fourth-order valence-corrected chi connectivity index (χ4v) is 3.86. The van der Waals surface area contributed by atoms with Crippen molar-refractivity contribution in [3.05, 3.63) is 89.6 Å². The van der Waals surface area contributed by atoms with Crippen LogP contribution < -0.4 is 11.1 Å². The van der Waals surface area contributed by atoms with Gasteiger partial charge in [0.2, 0.25) is 0 Å². The van der Waals surface area contributed by atoms with Crippen molar-refractivity contribution in [2.75, 3.05) is 11.1 Å². The average molecular weight is 456 g/mol. The highest BCUT2D eigenvalue weighted by molar-refractivity contribution is 6.05. The molecule has 34 heavy (non-hydrogen) atoms. The van der Waals surface area contributed by atoms with Gasteiger partial charge in [-0.05, 0) is 49.2 Å². The number of hydrogen-bond acceptors (Lipinski definition) is 6. The van der Waals surface area contributed by atoms with Gasteiger partial charge < -0.3 is 15.6 Å². The third-order valence-corrected chi connectivity index (χ3v) is 5.55. The maximum Gasteiger partial charge on any atom is 0.258 e. The van der Waals surface area contributed by atoms with Crippen molar-refractivity contribution >= 4 is 23.1 Å². The Balaban J connectivity index is 1.39. The number of imidazole rings is 1. The molecule has 0 fully saturated rings. The first-order valence-electron chi connectivity index (χ1n) is 10.5. The van der Waals surface area contributed by atoms with Crippen LogP contribution in [0.3, 0.4) is 0 Å². The summed E-state index contributed by atoms with van der Waals surface area (Å²) in [5, 5.41) is 7.13. The number of fused-ring (bicyclic) bond motifs is 1. The number of nitrogen functional groups attached to an aromatic ring is 1. The summed E-state index contributed by atoms with van der Waals surface area (Å²) in [7, 11) is 0. The molecule has 0 saturated heterocycles. The van der Waals surface area contributed by atoms with Gasteiger partial charge in [-0.15, -0.1) is 0 Å². The van der Waals surface area contributed by atoms with Gasteiger partial charge in [-0.3, -0.25) is 9.78 Å². The van der Waals surface area contributed by atoms with Gasteiger partial charge >= 0.3 is 0 Å². The molecule has 0 bridgehead atoms. The second-order valence-corrected chi connectivity index (χ2v) is 7.99. The van der Waals surface area contributed by atoms with Gasteiger partial charge in [-0.25, -0.2) is 18.9 Å². The molecule has 0 aliphatic heterocycles. The first kappa shape index (κ1) is 21.3. The Labute approximate surface area is 194 Å². The Morgan fingerprint density at radius 2 is 1.91 bits per heavy atom. The number of halogens is 1. The van der Waals surface area contributed by atoms with Crippen LogP contribution in [0.5, 0.6) is 0 Å². The van der Waals surface area contributed by atoms with E-state index < -0.39 is 0 Å². The molecule has 4 aromatic heterocycles. The number of nitrogens with one attached hydrogen (secondary N) is 1. The van der Waals surface area contributed by atoms with Crippen LogP contribution in [0.1, 0.15) is 27.2 Å². The molecule has 0 saturated carbocycles. The molecule has 1 amide bonds. The van der Waals surface area contributed by atoms with E-state index in [1.54, 1.807) is 48.4 Å². The highest BCUT2D eigenvalue weighted by Crippen LogP contribution is 2.28. The van der Waals surface area contributed by atoms with Crippen LogP contribution in [0.2, 0.25) is 0 Å². The molecule has 0 aliphatic rings. The number of aromatic nitrogens is 6. The van der Waals surface area contributed by atoms with Gasteiger partial charge in [0, 0.05) is 24.5 Å². The van der Waals surface area contributed by atoms with E-state index in [9.17, 15) is 9.18 Å². The minimum Gasteiger partial charge on any atom is -0.382 e. The number of nitrogens with two attached hydrogens (primary N) is 1. The largest absolute Gasteiger partial charge is 0.382 e. The van der Waals surface area contributed by atoms with Gasteiger partial charge in [-0.2, -0.15) is 5.10 Å². The smallest absolute Gasteiger partial charge is 0.258 e. The van der Waals surface area contributed by atoms with Crippen molar-refractivity contribution in [3.63, 3.8) is 0 Å². The number of pyridine rings is 1. The summed E-state index contributed by atoms with van der Waals surface area (Å²) < 4.78 is 16.6. The third-order valence-electron chi connectivity index (χ3n) is 5.55. The van der Waals surface area contributed by atoms with Gasteiger partial charge in [0.1, 0.15) is 17.7 Å². The number of hydrogen-bond donors (Lipinski definition) is 2. The summed E-state index contributed by atoms with van der Waals surface area (Å²) in [4.78, 5) is 25.8. The topological polar surface area (TPSA) is 116 Å². The highest BCUT2D eigenvalue weighted by atomic mass is 19.1. The van der Waals surface area contributed by atoms with Crippen LogP contribution >= 0.6 is 0 Å². The minimum absolute atomic E-state index is 0.284. The molecule has 0 atom stereocenters. The van der Waals surface area contributed by atoms with Crippen LogP contribution in [0.15, 0.2) is 61.4 Å². The lowest BCUT2D eigenvalue weighted by molar-refractivity contribution is 0.102. The van der Waals surface area contributed by atoms with E-state index in [4.69, 9.17) is 5.73 Å². The normalized spacial score (nSPS) is 11.1. The third kappa shape index (κ3) is 3.96. The van der Waals surface area contributed by atoms with Crippen LogP contribution in [0.25, 0.3) is 16.8 Å². The zero-order valence-electron chi connectivity index (χ0n) is 18.5. The molecule has 0 unspecified atom stereocenters. The monoisotopic (exact) mass is 456 g/mol. The summed E-state index contributed by atoms with van der Waals surface area (Å²) in [6.45, 7) is 4.20. The Hall–Kier alpha value is -4.60. The fraction of sp³-hybridized carbons (Fsp3) is 0.125. The van der Waals surface area contributed by atoms with Crippen LogP contribution in [0.4, 0.5) is 16.0 Å². The number of carbonyl (C=O) groups is 1. The van der Waals surface area contributed by atoms with E-state index in [1.165, 1.54) is 18.5 Å². The molecule has 1 aromatic carbocycles. The Kier molecular flexibility index (Phi) is 5.25. The summed E-state index contributed by atoms with van der Waals surface area (Å²) in [6, 6.07) is 9.94. The molecule has 9 nitrogen and oxygen atoms in total. The lowest BCUT2D eigenvalue weighted by Gasteiger charge is -2.08. The number of carbonyl (C=O) groups excluding carboxylic acids is 1. The molecule has 5 aromatic rings. The first-order valence-corrected chi connectivity index (χ1v) is 10.5. The van der Waals surface area contributed by atoms with Gasteiger partial charge in [0.25, 0.3) is 5.91 Å².